The summed E-state index contributed by atoms with van der Waals surface area (Å²) in [6, 6.07) is 6.95. The summed E-state index contributed by atoms with van der Waals surface area (Å²) in [5.41, 5.74) is 2.42. The zero-order chi connectivity index (χ0) is 23.7. The Hall–Kier alpha value is -2.79. The lowest BCUT2D eigenvalue weighted by atomic mass is 10.1. The molecule has 2 fully saturated rings. The highest BCUT2D eigenvalue weighted by Gasteiger charge is 2.28. The monoisotopic (exact) mass is 505 g/mol. The van der Waals surface area contributed by atoms with Crippen molar-refractivity contribution in [2.24, 2.45) is 0 Å². The molecule has 2 aromatic heterocycles. The van der Waals surface area contributed by atoms with Crippen LogP contribution in [-0.4, -0.2) is 64.7 Å². The van der Waals surface area contributed by atoms with Gasteiger partial charge in [0.25, 0.3) is 5.91 Å². The number of nitrogens with one attached hydrogen (secondary N) is 2. The van der Waals surface area contributed by atoms with E-state index in [9.17, 15) is 9.18 Å². The minimum atomic E-state index is -1.06. The lowest BCUT2D eigenvalue weighted by molar-refractivity contribution is -0.125. The first-order chi connectivity index (χ1) is 16.5. The van der Waals surface area contributed by atoms with Crippen molar-refractivity contribution in [3.05, 3.63) is 46.8 Å². The van der Waals surface area contributed by atoms with Crippen molar-refractivity contribution in [3.63, 3.8) is 0 Å². The quantitative estimate of drug-likeness (QED) is 0.546. The number of hydrogen-bond donors (Lipinski definition) is 2. The summed E-state index contributed by atoms with van der Waals surface area (Å²) in [5.74, 6) is 0.238. The Morgan fingerprint density at radius 1 is 1.24 bits per heavy atom. The summed E-state index contributed by atoms with van der Waals surface area (Å²) in [6.45, 7) is 2.10. The van der Waals surface area contributed by atoms with Gasteiger partial charge in [-0.2, -0.15) is 5.10 Å². The van der Waals surface area contributed by atoms with E-state index in [0.717, 1.165) is 11.4 Å². The molecule has 1 aromatic carbocycles. The molecule has 12 heteroatoms. The van der Waals surface area contributed by atoms with E-state index < -0.39 is 12.2 Å². The third kappa shape index (κ3) is 4.72. The lowest BCUT2D eigenvalue weighted by Crippen LogP contribution is -2.41. The maximum absolute atomic E-state index is 14.4. The maximum atomic E-state index is 14.4. The highest BCUT2D eigenvalue weighted by molar-refractivity contribution is 6.35. The Kier molecular flexibility index (Phi) is 6.64. The van der Waals surface area contributed by atoms with Gasteiger partial charge in [0.15, 0.2) is 5.15 Å². The third-order valence-electron chi connectivity index (χ3n) is 5.82. The molecule has 3 aromatic rings. The summed E-state index contributed by atoms with van der Waals surface area (Å²) in [7, 11) is 0. The van der Waals surface area contributed by atoms with Gasteiger partial charge in [-0.05, 0) is 37.2 Å². The number of halogens is 3. The third-order valence-corrected chi connectivity index (χ3v) is 6.38. The summed E-state index contributed by atoms with van der Waals surface area (Å²) in [6.07, 6.45) is 2.70. The molecule has 9 nitrogen and oxygen atoms in total. The first-order valence-electron chi connectivity index (χ1n) is 10.9. The van der Waals surface area contributed by atoms with Crippen LogP contribution in [0.3, 0.4) is 0 Å². The van der Waals surface area contributed by atoms with E-state index in [4.69, 9.17) is 27.9 Å². The minimum Gasteiger partial charge on any atom is -0.370 e. The van der Waals surface area contributed by atoms with E-state index in [0.29, 0.717) is 48.3 Å². The van der Waals surface area contributed by atoms with E-state index in [2.05, 4.69) is 25.7 Å². The van der Waals surface area contributed by atoms with Crippen LogP contribution < -0.4 is 15.5 Å². The van der Waals surface area contributed by atoms with Gasteiger partial charge in [0.05, 0.1) is 35.1 Å². The van der Waals surface area contributed by atoms with Crippen molar-refractivity contribution in [2.75, 3.05) is 43.1 Å². The van der Waals surface area contributed by atoms with Crippen molar-refractivity contribution >= 4 is 46.4 Å². The number of aromatic nitrogens is 4. The predicted octanol–water partition coefficient (Wildman–Crippen LogP) is 3.63. The largest absolute Gasteiger partial charge is 0.370 e. The topological polar surface area (TPSA) is 97.2 Å². The average molecular weight is 506 g/mol. The predicted molar refractivity (Wildman–Crippen MR) is 128 cm³/mol. The Bertz CT molecular complexity index is 1190. The molecule has 2 aliphatic rings. The number of nitrogens with zero attached hydrogens (tertiary/aromatic N) is 5. The van der Waals surface area contributed by atoms with Crippen LogP contribution in [0.1, 0.15) is 12.5 Å². The fourth-order valence-electron chi connectivity index (χ4n) is 4.06. The molecule has 0 radical (unpaired) electrons. The van der Waals surface area contributed by atoms with Crippen LogP contribution in [-0.2, 0) is 9.53 Å². The van der Waals surface area contributed by atoms with Gasteiger partial charge in [0.1, 0.15) is 12.8 Å². The van der Waals surface area contributed by atoms with Crippen LogP contribution in [0.25, 0.3) is 11.3 Å². The zero-order valence-electron chi connectivity index (χ0n) is 18.0. The molecule has 2 saturated heterocycles. The average Bonchev–Trinajstić information content (AvgIpc) is 3.22. The molecule has 2 N–H and O–H groups in total. The fourth-order valence-corrected chi connectivity index (χ4v) is 4.48. The molecule has 2 atom stereocenters. The number of anilines is 3. The van der Waals surface area contributed by atoms with Gasteiger partial charge in [-0.3, -0.25) is 9.48 Å². The molecule has 0 spiro atoms. The molecule has 0 saturated carbocycles. The van der Waals surface area contributed by atoms with Gasteiger partial charge in [0, 0.05) is 30.7 Å². The first kappa shape index (κ1) is 23.0. The highest BCUT2D eigenvalue weighted by Crippen LogP contribution is 2.34. The number of carbonyl (C=O) groups is 1. The number of rotatable bonds is 5. The molecule has 4 heterocycles. The molecule has 0 aliphatic carbocycles. The van der Waals surface area contributed by atoms with Gasteiger partial charge in [-0.25, -0.2) is 14.4 Å². The van der Waals surface area contributed by atoms with Gasteiger partial charge in [-0.15, -0.1) is 0 Å². The summed E-state index contributed by atoms with van der Waals surface area (Å²) >= 11 is 12.8. The van der Waals surface area contributed by atoms with Gasteiger partial charge < -0.3 is 20.3 Å². The molecule has 0 unspecified atom stereocenters. The van der Waals surface area contributed by atoms with Crippen molar-refractivity contribution in [2.45, 2.75) is 18.6 Å². The van der Waals surface area contributed by atoms with Gasteiger partial charge >= 0.3 is 0 Å². The smallest absolute Gasteiger partial charge is 0.253 e. The first-order valence-corrected chi connectivity index (χ1v) is 11.6. The number of piperidine rings is 1. The number of morpholine rings is 1. The summed E-state index contributed by atoms with van der Waals surface area (Å²) < 4.78 is 21.1. The van der Waals surface area contributed by atoms with Gasteiger partial charge in [0.2, 0.25) is 5.95 Å². The molecule has 1 amide bonds. The van der Waals surface area contributed by atoms with E-state index >= 15 is 0 Å². The zero-order valence-corrected chi connectivity index (χ0v) is 19.6. The second-order valence-corrected chi connectivity index (χ2v) is 8.81. The molecule has 2 aliphatic heterocycles. The number of amides is 1. The van der Waals surface area contributed by atoms with E-state index in [1.54, 1.807) is 15.8 Å². The number of carbonyl (C=O) groups excluding carboxylic acids is 1. The molecular formula is C22H22Cl2FN7O2. The van der Waals surface area contributed by atoms with Crippen LogP contribution in [0.5, 0.6) is 0 Å². The maximum Gasteiger partial charge on any atom is 0.253 e. The second kappa shape index (κ2) is 9.83. The standard InChI is InChI=1S/C22H22Cl2FN7O2/c23-16-9-27-22(28-13-1-3-14(4-2-13)31-7-8-34-12-19(31)33)29-20(16)15-11-32(30-21(15)24)18-5-6-26-10-17(18)25/h1-4,9,11,17-18,26H,5-8,10,12H2,(H,27,28,29)/t17-,18-/m1/s1. The van der Waals surface area contributed by atoms with Crippen molar-refractivity contribution in [3.8, 4) is 11.3 Å². The van der Waals surface area contributed by atoms with E-state index in [-0.39, 0.29) is 24.2 Å². The van der Waals surface area contributed by atoms with Crippen LogP contribution in [0.15, 0.2) is 36.7 Å². The molecule has 34 heavy (non-hydrogen) atoms. The van der Waals surface area contributed by atoms with Crippen molar-refractivity contribution < 1.29 is 13.9 Å². The molecule has 0 bridgehead atoms. The number of ether oxygens (including phenoxy) is 1. The number of hydrogen-bond acceptors (Lipinski definition) is 7. The minimum absolute atomic E-state index is 0.0707. The van der Waals surface area contributed by atoms with E-state index in [1.807, 2.05) is 24.3 Å². The molecule has 5 rings (SSSR count). The second-order valence-electron chi connectivity index (χ2n) is 8.05. The van der Waals surface area contributed by atoms with Crippen LogP contribution in [0.4, 0.5) is 21.7 Å². The number of benzene rings is 1. The Morgan fingerprint density at radius 2 is 2.06 bits per heavy atom. The molecule has 178 valence electrons. The van der Waals surface area contributed by atoms with E-state index in [1.165, 1.54) is 6.20 Å². The Labute approximate surface area is 205 Å². The summed E-state index contributed by atoms with van der Waals surface area (Å²) in [5, 5.41) is 11.0. The SMILES string of the molecule is O=C1COCCN1c1ccc(Nc2ncc(Cl)c(-c3cn([C@@H]4CCNC[C@H]4F)nc3Cl)n2)cc1. The van der Waals surface area contributed by atoms with Crippen molar-refractivity contribution in [1.29, 1.82) is 0 Å². The van der Waals surface area contributed by atoms with Gasteiger partial charge in [-0.1, -0.05) is 23.2 Å². The normalized spacial score (nSPS) is 21.0. The molecular weight excluding hydrogens is 484 g/mol. The Morgan fingerprint density at radius 3 is 2.82 bits per heavy atom. The summed E-state index contributed by atoms with van der Waals surface area (Å²) in [4.78, 5) is 22.5. The number of alkyl halides is 1. The van der Waals surface area contributed by atoms with Crippen LogP contribution in [0, 0.1) is 0 Å². The van der Waals surface area contributed by atoms with Crippen LogP contribution >= 0.6 is 23.2 Å². The fraction of sp³-hybridized carbons (Fsp3) is 0.364. The Balaban J connectivity index is 1.36. The van der Waals surface area contributed by atoms with Crippen molar-refractivity contribution in [1.82, 2.24) is 25.1 Å². The van der Waals surface area contributed by atoms with Crippen LogP contribution in [0.2, 0.25) is 10.2 Å². The highest BCUT2D eigenvalue weighted by atomic mass is 35.5. The lowest BCUT2D eigenvalue weighted by Gasteiger charge is -2.26.